The Labute approximate surface area is 110 Å². The van der Waals surface area contributed by atoms with Crippen LogP contribution in [0.15, 0.2) is 9.59 Å². The van der Waals surface area contributed by atoms with Crippen molar-refractivity contribution in [3.05, 3.63) is 20.8 Å². The lowest BCUT2D eigenvalue weighted by atomic mass is 10.4. The predicted octanol–water partition coefficient (Wildman–Crippen LogP) is -0.525. The molecule has 0 aliphatic rings. The van der Waals surface area contributed by atoms with Crippen molar-refractivity contribution in [2.24, 2.45) is 7.05 Å². The lowest BCUT2D eigenvalue weighted by Crippen LogP contribution is -2.33. The number of carbonyl (C=O) groups is 1. The zero-order valence-electron chi connectivity index (χ0n) is 11.2. The first kappa shape index (κ1) is 14.8. The minimum Gasteiger partial charge on any atom is -0.383 e. The minimum atomic E-state index is -1.68. The molecule has 0 aliphatic heterocycles. The number of aromatic nitrogens is 2. The molecular formula is C11H16N4O3Si. The fourth-order valence-corrected chi connectivity index (χ4v) is 1.64. The van der Waals surface area contributed by atoms with Crippen LogP contribution in [0, 0.1) is 11.5 Å². The topological polar surface area (TPSA) is 110 Å². The van der Waals surface area contributed by atoms with Gasteiger partial charge in [-0.25, -0.2) is 4.79 Å². The quantitative estimate of drug-likeness (QED) is 0.474. The number of rotatable bonds is 1. The van der Waals surface area contributed by atoms with E-state index in [1.54, 1.807) is 0 Å². The van der Waals surface area contributed by atoms with Gasteiger partial charge in [0.2, 0.25) is 0 Å². The smallest absolute Gasteiger partial charge is 0.329 e. The molecule has 1 aromatic rings. The average molecular weight is 280 g/mol. The highest BCUT2D eigenvalue weighted by Crippen LogP contribution is 2.07. The molecule has 1 rings (SSSR count). The van der Waals surface area contributed by atoms with E-state index in [0.717, 1.165) is 4.57 Å². The fraction of sp³-hybridized carbons (Fsp3) is 0.364. The van der Waals surface area contributed by atoms with Gasteiger partial charge in [0.05, 0.1) is 0 Å². The number of nitrogens with zero attached hydrogens (tertiary/aromatic N) is 1. The van der Waals surface area contributed by atoms with E-state index in [9.17, 15) is 14.4 Å². The van der Waals surface area contributed by atoms with Crippen LogP contribution in [0.4, 0.5) is 11.5 Å². The van der Waals surface area contributed by atoms with E-state index in [1.807, 2.05) is 24.6 Å². The van der Waals surface area contributed by atoms with E-state index in [2.05, 4.69) is 16.8 Å². The van der Waals surface area contributed by atoms with Crippen molar-refractivity contribution in [1.29, 1.82) is 0 Å². The molecule has 0 unspecified atom stereocenters. The number of aromatic amines is 1. The van der Waals surface area contributed by atoms with Crippen LogP contribution in [0.2, 0.25) is 19.6 Å². The average Bonchev–Trinajstić information content (AvgIpc) is 2.28. The molecule has 0 fully saturated rings. The van der Waals surface area contributed by atoms with Gasteiger partial charge in [0.25, 0.3) is 11.5 Å². The van der Waals surface area contributed by atoms with Crippen molar-refractivity contribution in [1.82, 2.24) is 9.55 Å². The van der Waals surface area contributed by atoms with Gasteiger partial charge < -0.3 is 11.1 Å². The van der Waals surface area contributed by atoms with Crippen molar-refractivity contribution in [3.8, 4) is 11.5 Å². The molecule has 4 N–H and O–H groups in total. The van der Waals surface area contributed by atoms with Gasteiger partial charge in [-0.2, -0.15) is 0 Å². The minimum absolute atomic E-state index is 0.114. The second kappa shape index (κ2) is 5.15. The van der Waals surface area contributed by atoms with Crippen molar-refractivity contribution in [2.75, 3.05) is 11.1 Å². The standard InChI is InChI=1S/C11H16N4O3Si/c1-15-9(12)8(10(17)14-11(15)18)13-7(16)5-6-19(2,3)4/h12H2,1-4H3,(H,13,16)(H,14,17,18). The number of hydrogen-bond donors (Lipinski definition) is 3. The third-order valence-corrected chi connectivity index (χ3v) is 3.03. The number of nitrogens with two attached hydrogens (primary N) is 1. The summed E-state index contributed by atoms with van der Waals surface area (Å²) < 4.78 is 1.03. The lowest BCUT2D eigenvalue weighted by molar-refractivity contribution is -0.111. The summed E-state index contributed by atoms with van der Waals surface area (Å²) in [6.45, 7) is 5.96. The largest absolute Gasteiger partial charge is 0.383 e. The molecule has 102 valence electrons. The Hall–Kier alpha value is -2.27. The van der Waals surface area contributed by atoms with Crippen LogP contribution >= 0.6 is 0 Å². The Morgan fingerprint density at radius 3 is 2.47 bits per heavy atom. The van der Waals surface area contributed by atoms with Gasteiger partial charge in [0.15, 0.2) is 0 Å². The van der Waals surface area contributed by atoms with Gasteiger partial charge >= 0.3 is 5.69 Å². The van der Waals surface area contributed by atoms with E-state index in [1.165, 1.54) is 7.05 Å². The Morgan fingerprint density at radius 2 is 1.95 bits per heavy atom. The number of carbonyl (C=O) groups excluding carboxylic acids is 1. The maximum atomic E-state index is 11.6. The van der Waals surface area contributed by atoms with E-state index < -0.39 is 25.2 Å². The molecule has 0 radical (unpaired) electrons. The molecule has 0 aromatic carbocycles. The number of nitrogen functional groups attached to an aromatic ring is 1. The summed E-state index contributed by atoms with van der Waals surface area (Å²) in [5.74, 6) is 1.68. The Bertz CT molecular complexity index is 685. The highest BCUT2D eigenvalue weighted by Gasteiger charge is 2.13. The molecule has 0 bridgehead atoms. The van der Waals surface area contributed by atoms with Crippen LogP contribution in [0.3, 0.4) is 0 Å². The third kappa shape index (κ3) is 3.85. The van der Waals surface area contributed by atoms with Gasteiger partial charge in [-0.05, 0) is 5.92 Å². The summed E-state index contributed by atoms with van der Waals surface area (Å²) in [6.07, 6.45) is 0. The molecule has 0 aliphatic carbocycles. The number of hydrogen-bond acceptors (Lipinski definition) is 4. The van der Waals surface area contributed by atoms with Crippen molar-refractivity contribution < 1.29 is 4.79 Å². The van der Waals surface area contributed by atoms with Crippen LogP contribution in [0.5, 0.6) is 0 Å². The van der Waals surface area contributed by atoms with Crippen LogP contribution < -0.4 is 22.3 Å². The van der Waals surface area contributed by atoms with Gasteiger partial charge in [-0.1, -0.05) is 19.6 Å². The SMILES string of the molecule is Cn1c(N)c(NC(=O)C#C[Si](C)(C)C)c(=O)[nH]c1=O. The second-order valence-corrected chi connectivity index (χ2v) is 9.78. The monoisotopic (exact) mass is 280 g/mol. The zero-order valence-corrected chi connectivity index (χ0v) is 12.2. The van der Waals surface area contributed by atoms with E-state index in [4.69, 9.17) is 5.73 Å². The van der Waals surface area contributed by atoms with Crippen molar-refractivity contribution in [3.63, 3.8) is 0 Å². The molecule has 1 aromatic heterocycles. The fourth-order valence-electron chi connectivity index (χ4n) is 1.15. The molecule has 0 atom stereocenters. The summed E-state index contributed by atoms with van der Waals surface area (Å²) in [6, 6.07) is 0. The molecule has 1 amide bonds. The first-order valence-electron chi connectivity index (χ1n) is 5.55. The van der Waals surface area contributed by atoms with Gasteiger partial charge in [0.1, 0.15) is 19.6 Å². The van der Waals surface area contributed by atoms with E-state index >= 15 is 0 Å². The lowest BCUT2D eigenvalue weighted by Gasteiger charge is -2.08. The first-order chi connectivity index (χ1) is 8.61. The summed E-state index contributed by atoms with van der Waals surface area (Å²) in [7, 11) is -0.293. The third-order valence-electron chi connectivity index (χ3n) is 2.16. The predicted molar refractivity (Wildman–Crippen MR) is 76.5 cm³/mol. The zero-order chi connectivity index (χ0) is 14.8. The summed E-state index contributed by atoms with van der Waals surface area (Å²) in [5.41, 5.74) is 6.90. The van der Waals surface area contributed by atoms with E-state index in [0.29, 0.717) is 0 Å². The number of anilines is 2. The Kier molecular flexibility index (Phi) is 4.01. The van der Waals surface area contributed by atoms with Gasteiger partial charge in [-0.3, -0.25) is 19.1 Å². The van der Waals surface area contributed by atoms with Crippen LogP contribution in [0.25, 0.3) is 0 Å². The molecule has 1 heterocycles. The molecule has 19 heavy (non-hydrogen) atoms. The maximum Gasteiger partial charge on any atom is 0.329 e. The second-order valence-electron chi connectivity index (χ2n) is 5.03. The van der Waals surface area contributed by atoms with Gasteiger partial charge in [0, 0.05) is 7.05 Å². The van der Waals surface area contributed by atoms with Crippen LogP contribution in [-0.2, 0) is 11.8 Å². The van der Waals surface area contributed by atoms with Crippen LogP contribution in [-0.4, -0.2) is 23.5 Å². The molecule has 0 spiro atoms. The summed E-state index contributed by atoms with van der Waals surface area (Å²) >= 11 is 0. The summed E-state index contributed by atoms with van der Waals surface area (Å²) in [5, 5.41) is 2.30. The van der Waals surface area contributed by atoms with Crippen molar-refractivity contribution >= 4 is 25.5 Å². The number of H-pyrrole nitrogens is 1. The normalized spacial score (nSPS) is 10.5. The molecule has 0 saturated carbocycles. The Morgan fingerprint density at radius 1 is 1.37 bits per heavy atom. The summed E-state index contributed by atoms with van der Waals surface area (Å²) in [4.78, 5) is 36.4. The first-order valence-corrected chi connectivity index (χ1v) is 9.05. The number of amides is 1. The van der Waals surface area contributed by atoms with Crippen molar-refractivity contribution in [2.45, 2.75) is 19.6 Å². The maximum absolute atomic E-state index is 11.6. The van der Waals surface area contributed by atoms with Gasteiger partial charge in [-0.15, -0.1) is 5.54 Å². The Balaban J connectivity index is 3.11. The molecule has 8 heteroatoms. The molecule has 0 saturated heterocycles. The highest BCUT2D eigenvalue weighted by atomic mass is 28.3. The van der Waals surface area contributed by atoms with Crippen LogP contribution in [0.1, 0.15) is 0 Å². The number of nitrogens with one attached hydrogen (secondary N) is 2. The highest BCUT2D eigenvalue weighted by molar-refractivity contribution is 6.84. The van der Waals surface area contributed by atoms with E-state index in [-0.39, 0.29) is 11.5 Å². The molecular weight excluding hydrogens is 264 g/mol. The molecule has 7 nitrogen and oxygen atoms in total.